The van der Waals surface area contributed by atoms with Crippen LogP contribution in [0.1, 0.15) is 24.1 Å². The first-order valence-electron chi connectivity index (χ1n) is 7.18. The van der Waals surface area contributed by atoms with Gasteiger partial charge >= 0.3 is 0 Å². The van der Waals surface area contributed by atoms with E-state index in [1.165, 1.54) is 18.2 Å². The third-order valence-electron chi connectivity index (χ3n) is 3.50. The second-order valence-electron chi connectivity index (χ2n) is 5.26. The summed E-state index contributed by atoms with van der Waals surface area (Å²) in [6, 6.07) is 9.99. The molecule has 0 aromatic heterocycles. The van der Waals surface area contributed by atoms with Crippen LogP contribution in [-0.4, -0.2) is 12.5 Å². The van der Waals surface area contributed by atoms with Gasteiger partial charge in [-0.15, -0.1) is 0 Å². The van der Waals surface area contributed by atoms with E-state index < -0.39 is 11.6 Å². The summed E-state index contributed by atoms with van der Waals surface area (Å²) in [4.78, 5) is 12.0. The highest BCUT2D eigenvalue weighted by Gasteiger charge is 2.14. The van der Waals surface area contributed by atoms with Gasteiger partial charge in [0.2, 0.25) is 0 Å². The Morgan fingerprint density at radius 1 is 1.29 bits per heavy atom. The minimum absolute atomic E-state index is 0.0950. The first-order valence-corrected chi connectivity index (χ1v) is 7.56. The number of anilines is 1. The molecule has 3 N–H and O–H groups in total. The fourth-order valence-corrected chi connectivity index (χ4v) is 2.33. The summed E-state index contributed by atoms with van der Waals surface area (Å²) in [5, 5.41) is 13.4. The zero-order valence-corrected chi connectivity index (χ0v) is 13.6. The lowest BCUT2D eigenvalue weighted by atomic mass is 10.1. The molecule has 0 aliphatic heterocycles. The Labute approximate surface area is 143 Å². The number of nitriles is 1. The van der Waals surface area contributed by atoms with Gasteiger partial charge in [-0.2, -0.15) is 5.26 Å². The highest BCUT2D eigenvalue weighted by Crippen LogP contribution is 2.20. The molecule has 124 valence electrons. The Balaban J connectivity index is 1.92. The Hall–Kier alpha value is -2.49. The highest BCUT2D eigenvalue weighted by atomic mass is 35.5. The average molecular weight is 351 g/mol. The number of nitrogens with zero attached hydrogens (tertiary/aromatic N) is 1. The molecule has 4 nitrogen and oxygen atoms in total. The number of halogens is 3. The van der Waals surface area contributed by atoms with E-state index in [1.807, 2.05) is 6.07 Å². The van der Waals surface area contributed by atoms with Crippen LogP contribution in [0.4, 0.5) is 14.5 Å². The first-order chi connectivity index (χ1) is 11.4. The molecule has 0 unspecified atom stereocenters. The van der Waals surface area contributed by atoms with E-state index in [4.69, 9.17) is 16.9 Å². The molecule has 24 heavy (non-hydrogen) atoms. The predicted molar refractivity (Wildman–Crippen MR) is 86.4 cm³/mol. The molecule has 2 rings (SSSR count). The second-order valence-corrected chi connectivity index (χ2v) is 5.66. The third kappa shape index (κ3) is 4.51. The van der Waals surface area contributed by atoms with E-state index in [-0.39, 0.29) is 23.5 Å². The van der Waals surface area contributed by atoms with Crippen molar-refractivity contribution in [3.05, 3.63) is 64.2 Å². The van der Waals surface area contributed by atoms with Gasteiger partial charge in [0.1, 0.15) is 12.1 Å². The normalized spacial score (nSPS) is 11.6. The van der Waals surface area contributed by atoms with Crippen molar-refractivity contribution in [1.82, 2.24) is 0 Å². The molecule has 0 radical (unpaired) electrons. The SMILES string of the molecule is C[C@H]([NH2+]CC(=O)Nc1ccc(C#N)c(Cl)c1)c1ccc(F)c(F)c1. The van der Waals surface area contributed by atoms with Crippen molar-refractivity contribution < 1.29 is 18.9 Å². The molecule has 2 aromatic carbocycles. The van der Waals surface area contributed by atoms with Gasteiger partial charge in [-0.05, 0) is 43.3 Å². The minimum Gasteiger partial charge on any atom is -0.333 e. The standard InChI is InChI=1S/C17H14ClF2N3O/c1-10(11-3-5-15(19)16(20)6-11)22-9-17(24)23-13-4-2-12(8-21)14(18)7-13/h2-7,10,22H,9H2,1H3,(H,23,24)/p+1/t10-/m0/s1. The average Bonchev–Trinajstić information content (AvgIpc) is 2.55. The molecular formula is C17H15ClF2N3O+. The van der Waals surface area contributed by atoms with Crippen molar-refractivity contribution in [2.24, 2.45) is 0 Å². The molecule has 0 saturated heterocycles. The van der Waals surface area contributed by atoms with Gasteiger partial charge in [0.05, 0.1) is 10.6 Å². The fourth-order valence-electron chi connectivity index (χ4n) is 2.11. The Morgan fingerprint density at radius 3 is 2.67 bits per heavy atom. The van der Waals surface area contributed by atoms with Crippen LogP contribution < -0.4 is 10.6 Å². The number of quaternary nitrogens is 1. The number of nitrogens with one attached hydrogen (secondary N) is 1. The summed E-state index contributed by atoms with van der Waals surface area (Å²) < 4.78 is 26.1. The monoisotopic (exact) mass is 350 g/mol. The molecule has 1 amide bonds. The number of amides is 1. The quantitative estimate of drug-likeness (QED) is 0.870. The van der Waals surface area contributed by atoms with Crippen LogP contribution in [0.25, 0.3) is 0 Å². The number of rotatable bonds is 5. The molecule has 7 heteroatoms. The Morgan fingerprint density at radius 2 is 2.04 bits per heavy atom. The van der Waals surface area contributed by atoms with Crippen LogP contribution in [-0.2, 0) is 4.79 Å². The molecule has 0 bridgehead atoms. The number of hydrogen-bond donors (Lipinski definition) is 2. The van der Waals surface area contributed by atoms with Crippen LogP contribution in [0.3, 0.4) is 0 Å². The molecule has 2 aromatic rings. The van der Waals surface area contributed by atoms with Crippen molar-refractivity contribution in [2.45, 2.75) is 13.0 Å². The molecule has 1 atom stereocenters. The van der Waals surface area contributed by atoms with E-state index in [1.54, 1.807) is 18.3 Å². The number of nitrogens with two attached hydrogens (primary N) is 1. The number of carbonyl (C=O) groups is 1. The van der Waals surface area contributed by atoms with E-state index >= 15 is 0 Å². The predicted octanol–water partition coefficient (Wildman–Crippen LogP) is 2.75. The zero-order chi connectivity index (χ0) is 17.7. The first kappa shape index (κ1) is 17.9. The maximum Gasteiger partial charge on any atom is 0.279 e. The summed E-state index contributed by atoms with van der Waals surface area (Å²) in [7, 11) is 0. The summed E-state index contributed by atoms with van der Waals surface area (Å²) in [6.07, 6.45) is 0. The third-order valence-corrected chi connectivity index (χ3v) is 3.81. The van der Waals surface area contributed by atoms with Crippen molar-refractivity contribution in [2.75, 3.05) is 11.9 Å². The zero-order valence-electron chi connectivity index (χ0n) is 12.8. The van der Waals surface area contributed by atoms with Crippen molar-refractivity contribution in [1.29, 1.82) is 5.26 Å². The van der Waals surface area contributed by atoms with Gasteiger partial charge in [0.15, 0.2) is 18.2 Å². The topological polar surface area (TPSA) is 69.5 Å². The van der Waals surface area contributed by atoms with Crippen LogP contribution >= 0.6 is 11.6 Å². The van der Waals surface area contributed by atoms with Crippen LogP contribution in [0, 0.1) is 23.0 Å². The molecule has 0 heterocycles. The molecular weight excluding hydrogens is 336 g/mol. The van der Waals surface area contributed by atoms with E-state index in [0.29, 0.717) is 16.8 Å². The smallest absolute Gasteiger partial charge is 0.279 e. The molecule has 0 aliphatic rings. The lowest BCUT2D eigenvalue weighted by Crippen LogP contribution is -2.86. The van der Waals surface area contributed by atoms with E-state index in [0.717, 1.165) is 12.1 Å². The van der Waals surface area contributed by atoms with Gasteiger partial charge in [-0.3, -0.25) is 4.79 Å². The van der Waals surface area contributed by atoms with Gasteiger partial charge in [-0.1, -0.05) is 11.6 Å². The largest absolute Gasteiger partial charge is 0.333 e. The summed E-state index contributed by atoms with van der Waals surface area (Å²) in [5.74, 6) is -2.09. The molecule has 0 saturated carbocycles. The Kier molecular flexibility index (Phi) is 5.85. The number of benzene rings is 2. The van der Waals surface area contributed by atoms with E-state index in [9.17, 15) is 13.6 Å². The Bertz CT molecular complexity index is 805. The highest BCUT2D eigenvalue weighted by molar-refractivity contribution is 6.32. The summed E-state index contributed by atoms with van der Waals surface area (Å²) in [6.45, 7) is 1.89. The molecule has 0 spiro atoms. The van der Waals surface area contributed by atoms with Gasteiger partial charge in [-0.25, -0.2) is 8.78 Å². The lowest BCUT2D eigenvalue weighted by molar-refractivity contribution is -0.682. The van der Waals surface area contributed by atoms with Crippen molar-refractivity contribution in [3.63, 3.8) is 0 Å². The maximum absolute atomic E-state index is 13.2. The minimum atomic E-state index is -0.913. The van der Waals surface area contributed by atoms with Gasteiger partial charge in [0.25, 0.3) is 5.91 Å². The maximum atomic E-state index is 13.2. The van der Waals surface area contributed by atoms with Crippen LogP contribution in [0.15, 0.2) is 36.4 Å². The van der Waals surface area contributed by atoms with E-state index in [2.05, 4.69) is 5.32 Å². The number of carbonyl (C=O) groups excluding carboxylic acids is 1. The number of hydrogen-bond acceptors (Lipinski definition) is 2. The van der Waals surface area contributed by atoms with Crippen LogP contribution in [0.2, 0.25) is 5.02 Å². The summed E-state index contributed by atoms with van der Waals surface area (Å²) >= 11 is 5.90. The lowest BCUT2D eigenvalue weighted by Gasteiger charge is -2.11. The summed E-state index contributed by atoms with van der Waals surface area (Å²) in [5.41, 5.74) is 1.40. The molecule has 0 aliphatic carbocycles. The van der Waals surface area contributed by atoms with Gasteiger partial charge < -0.3 is 10.6 Å². The second kappa shape index (κ2) is 7.86. The van der Waals surface area contributed by atoms with Crippen molar-refractivity contribution >= 4 is 23.2 Å². The molecule has 0 fully saturated rings. The van der Waals surface area contributed by atoms with Gasteiger partial charge in [0, 0.05) is 11.3 Å². The fraction of sp³-hybridized carbons (Fsp3) is 0.176. The van der Waals surface area contributed by atoms with Crippen molar-refractivity contribution in [3.8, 4) is 6.07 Å². The van der Waals surface area contributed by atoms with Crippen LogP contribution in [0.5, 0.6) is 0 Å².